The number of nitrogens with one attached hydrogen (secondary N) is 2. The average molecular weight is 307 g/mol. The quantitative estimate of drug-likeness (QED) is 0.699. The molecule has 7 heteroatoms. The lowest BCUT2D eigenvalue weighted by molar-refractivity contribution is -0.123. The zero-order valence-electron chi connectivity index (χ0n) is 12.5. The van der Waals surface area contributed by atoms with Gasteiger partial charge >= 0.3 is 6.03 Å². The summed E-state index contributed by atoms with van der Waals surface area (Å²) < 4.78 is 0. The van der Waals surface area contributed by atoms with Crippen LogP contribution in [0.5, 0.6) is 0 Å². The Kier molecular flexibility index (Phi) is 8.57. The summed E-state index contributed by atoms with van der Waals surface area (Å²) in [7, 11) is 0. The van der Waals surface area contributed by atoms with Crippen LogP contribution in [-0.2, 0) is 4.79 Å². The lowest BCUT2D eigenvalue weighted by Crippen LogP contribution is -2.47. The van der Waals surface area contributed by atoms with Crippen molar-refractivity contribution in [2.75, 3.05) is 19.6 Å². The zero-order valence-corrected chi connectivity index (χ0v) is 13.3. The first-order valence-corrected chi connectivity index (χ1v) is 7.02. The van der Waals surface area contributed by atoms with Gasteiger partial charge in [-0.05, 0) is 25.7 Å². The van der Waals surface area contributed by atoms with E-state index in [4.69, 9.17) is 5.73 Å². The molecule has 1 aliphatic heterocycles. The molecule has 0 spiro atoms. The van der Waals surface area contributed by atoms with E-state index in [-0.39, 0.29) is 30.4 Å². The highest BCUT2D eigenvalue weighted by atomic mass is 35.5. The molecule has 0 bridgehead atoms. The number of rotatable bonds is 5. The fourth-order valence-electron chi connectivity index (χ4n) is 2.25. The van der Waals surface area contributed by atoms with Crippen LogP contribution in [0.2, 0.25) is 0 Å². The van der Waals surface area contributed by atoms with Crippen molar-refractivity contribution in [3.63, 3.8) is 0 Å². The molecule has 0 aromatic rings. The van der Waals surface area contributed by atoms with E-state index >= 15 is 0 Å². The van der Waals surface area contributed by atoms with Crippen LogP contribution in [0.1, 0.15) is 33.6 Å². The van der Waals surface area contributed by atoms with Gasteiger partial charge in [0.2, 0.25) is 5.91 Å². The Morgan fingerprint density at radius 1 is 1.40 bits per heavy atom. The molecule has 20 heavy (non-hydrogen) atoms. The summed E-state index contributed by atoms with van der Waals surface area (Å²) in [6.07, 6.45) is 1.47. The van der Waals surface area contributed by atoms with Crippen LogP contribution in [0, 0.1) is 5.92 Å². The number of urea groups is 1. The normalized spacial score (nSPS) is 19.4. The van der Waals surface area contributed by atoms with Crippen LogP contribution in [0.3, 0.4) is 0 Å². The summed E-state index contributed by atoms with van der Waals surface area (Å²) in [5.41, 5.74) is 5.83. The SMILES string of the molecule is CCNC(=O)N1CCC(NC(=O)[C@@H](N)CC(C)C)C1.Cl. The highest BCUT2D eigenvalue weighted by Gasteiger charge is 2.28. The molecule has 3 amide bonds. The molecule has 0 radical (unpaired) electrons. The Balaban J connectivity index is 0.00000361. The van der Waals surface area contributed by atoms with E-state index < -0.39 is 6.04 Å². The third-order valence-electron chi connectivity index (χ3n) is 3.21. The largest absolute Gasteiger partial charge is 0.350 e. The fraction of sp³-hybridized carbons (Fsp3) is 0.846. The Morgan fingerprint density at radius 2 is 2.05 bits per heavy atom. The van der Waals surface area contributed by atoms with Gasteiger partial charge in [0, 0.05) is 25.7 Å². The van der Waals surface area contributed by atoms with E-state index in [1.807, 2.05) is 20.8 Å². The second-order valence-electron chi connectivity index (χ2n) is 5.51. The number of carbonyl (C=O) groups is 2. The average Bonchev–Trinajstić information content (AvgIpc) is 2.77. The van der Waals surface area contributed by atoms with Gasteiger partial charge in [-0.2, -0.15) is 0 Å². The zero-order chi connectivity index (χ0) is 14.4. The molecular weight excluding hydrogens is 280 g/mol. The number of carbonyl (C=O) groups excluding carboxylic acids is 2. The van der Waals surface area contributed by atoms with Crippen LogP contribution in [-0.4, -0.2) is 48.6 Å². The molecule has 4 N–H and O–H groups in total. The summed E-state index contributed by atoms with van der Waals surface area (Å²) in [6, 6.07) is -0.502. The first-order valence-electron chi connectivity index (χ1n) is 7.02. The maximum Gasteiger partial charge on any atom is 0.317 e. The Labute approximate surface area is 127 Å². The Bertz CT molecular complexity index is 325. The number of nitrogens with zero attached hydrogens (tertiary/aromatic N) is 1. The molecule has 0 saturated carbocycles. The number of hydrogen-bond acceptors (Lipinski definition) is 3. The number of nitrogens with two attached hydrogens (primary N) is 1. The highest BCUT2D eigenvalue weighted by Crippen LogP contribution is 2.10. The fourth-order valence-corrected chi connectivity index (χ4v) is 2.25. The molecule has 1 heterocycles. The monoisotopic (exact) mass is 306 g/mol. The van der Waals surface area contributed by atoms with Crippen LogP contribution in [0.25, 0.3) is 0 Å². The lowest BCUT2D eigenvalue weighted by atomic mass is 10.0. The van der Waals surface area contributed by atoms with Crippen molar-refractivity contribution in [1.29, 1.82) is 0 Å². The third kappa shape index (κ3) is 5.96. The second-order valence-corrected chi connectivity index (χ2v) is 5.51. The summed E-state index contributed by atoms with van der Waals surface area (Å²) in [5, 5.41) is 5.69. The van der Waals surface area contributed by atoms with Crippen LogP contribution < -0.4 is 16.4 Å². The van der Waals surface area contributed by atoms with E-state index in [0.717, 1.165) is 6.42 Å². The molecule has 1 saturated heterocycles. The molecule has 1 rings (SSSR count). The van der Waals surface area contributed by atoms with Gasteiger partial charge in [0.25, 0.3) is 0 Å². The summed E-state index contributed by atoms with van der Waals surface area (Å²) in [6.45, 7) is 7.82. The molecule has 1 unspecified atom stereocenters. The Morgan fingerprint density at radius 3 is 2.60 bits per heavy atom. The van der Waals surface area contributed by atoms with Crippen molar-refractivity contribution >= 4 is 24.3 Å². The topological polar surface area (TPSA) is 87.5 Å². The maximum atomic E-state index is 11.9. The minimum absolute atomic E-state index is 0. The lowest BCUT2D eigenvalue weighted by Gasteiger charge is -2.19. The summed E-state index contributed by atoms with van der Waals surface area (Å²) >= 11 is 0. The molecule has 0 aliphatic carbocycles. The first kappa shape index (κ1) is 19.0. The number of hydrogen-bond donors (Lipinski definition) is 3. The van der Waals surface area contributed by atoms with E-state index in [2.05, 4.69) is 10.6 Å². The van der Waals surface area contributed by atoms with Crippen LogP contribution >= 0.6 is 12.4 Å². The Hall–Kier alpha value is -1.01. The van der Waals surface area contributed by atoms with Crippen molar-refractivity contribution in [3.8, 4) is 0 Å². The molecule has 6 nitrogen and oxygen atoms in total. The van der Waals surface area contributed by atoms with Gasteiger partial charge in [-0.25, -0.2) is 4.79 Å². The summed E-state index contributed by atoms with van der Waals surface area (Å²) in [4.78, 5) is 25.2. The molecule has 118 valence electrons. The van der Waals surface area contributed by atoms with E-state index in [1.165, 1.54) is 0 Å². The predicted octanol–water partition coefficient (Wildman–Crippen LogP) is 0.702. The highest BCUT2D eigenvalue weighted by molar-refractivity contribution is 5.85. The van der Waals surface area contributed by atoms with E-state index in [9.17, 15) is 9.59 Å². The van der Waals surface area contributed by atoms with Crippen molar-refractivity contribution < 1.29 is 9.59 Å². The van der Waals surface area contributed by atoms with Gasteiger partial charge in [-0.15, -0.1) is 12.4 Å². The number of amides is 3. The standard InChI is InChI=1S/C13H26N4O2.ClH/c1-4-15-13(19)17-6-5-10(8-17)16-12(18)11(14)7-9(2)3;/h9-11H,4-8,14H2,1-3H3,(H,15,19)(H,16,18);1H/t10?,11-;/m0./s1. The van der Waals surface area contributed by atoms with Crippen LogP contribution in [0.15, 0.2) is 0 Å². The van der Waals surface area contributed by atoms with Gasteiger partial charge in [0.05, 0.1) is 6.04 Å². The molecule has 0 aromatic carbocycles. The smallest absolute Gasteiger partial charge is 0.317 e. The minimum atomic E-state index is -0.460. The van der Waals surface area contributed by atoms with Crippen molar-refractivity contribution in [2.24, 2.45) is 11.7 Å². The third-order valence-corrected chi connectivity index (χ3v) is 3.21. The van der Waals surface area contributed by atoms with Gasteiger partial charge in [-0.1, -0.05) is 13.8 Å². The molecule has 1 aliphatic rings. The van der Waals surface area contributed by atoms with Crippen LogP contribution in [0.4, 0.5) is 4.79 Å². The van der Waals surface area contributed by atoms with Crippen molar-refractivity contribution in [2.45, 2.75) is 45.7 Å². The molecular formula is C13H27ClN4O2. The van der Waals surface area contributed by atoms with Gasteiger partial charge in [0.1, 0.15) is 0 Å². The van der Waals surface area contributed by atoms with Gasteiger partial charge < -0.3 is 21.3 Å². The predicted molar refractivity (Wildman–Crippen MR) is 81.9 cm³/mol. The number of likely N-dealkylation sites (tertiary alicyclic amines) is 1. The summed E-state index contributed by atoms with van der Waals surface area (Å²) in [5.74, 6) is 0.285. The van der Waals surface area contributed by atoms with E-state index in [0.29, 0.717) is 32.0 Å². The first-order chi connectivity index (χ1) is 8.93. The number of halogens is 1. The van der Waals surface area contributed by atoms with E-state index in [1.54, 1.807) is 4.90 Å². The maximum absolute atomic E-state index is 11.9. The van der Waals surface area contributed by atoms with Crippen molar-refractivity contribution in [1.82, 2.24) is 15.5 Å². The molecule has 1 fully saturated rings. The molecule has 0 aromatic heterocycles. The van der Waals surface area contributed by atoms with Gasteiger partial charge in [-0.3, -0.25) is 4.79 Å². The minimum Gasteiger partial charge on any atom is -0.350 e. The second kappa shape index (κ2) is 9.02. The van der Waals surface area contributed by atoms with Gasteiger partial charge in [0.15, 0.2) is 0 Å². The molecule has 2 atom stereocenters. The van der Waals surface area contributed by atoms with Crippen molar-refractivity contribution in [3.05, 3.63) is 0 Å².